The Morgan fingerprint density at radius 1 is 0.385 bits per heavy atom. The maximum atomic E-state index is 12.7. The van der Waals surface area contributed by atoms with Crippen LogP contribution in [0.5, 0.6) is 0 Å². The molecule has 7 N–H and O–H groups in total. The molecule has 2 unspecified atom stereocenters. The first-order valence-electron chi connectivity index (χ1n) is 28.0. The summed E-state index contributed by atoms with van der Waals surface area (Å²) >= 11 is 0. The van der Waals surface area contributed by atoms with Gasteiger partial charge in [0.2, 0.25) is 17.7 Å². The molecule has 2 fully saturated rings. The van der Waals surface area contributed by atoms with Crippen LogP contribution in [0, 0.1) is 59.2 Å². The van der Waals surface area contributed by atoms with Crippen LogP contribution in [0.2, 0.25) is 0 Å². The minimum atomic E-state index is -0.548. The minimum Gasteiger partial charge on any atom is -0.449 e. The normalized spacial score (nSPS) is 20.2. The molecule has 444 valence electrons. The fourth-order valence-electron chi connectivity index (χ4n) is 9.05. The average Bonchev–Trinajstić information content (AvgIpc) is 4.42. The lowest BCUT2D eigenvalue weighted by molar-refractivity contribution is -0.126. The van der Waals surface area contributed by atoms with Gasteiger partial charge < -0.3 is 88.3 Å². The number of fused-ring (bicyclic) bond motifs is 2. The molecule has 0 heterocycles. The lowest BCUT2D eigenvalue weighted by Gasteiger charge is -2.19. The second kappa shape index (κ2) is 44.3. The molecular weight excluding hydrogens is 1020 g/mol. The zero-order valence-electron chi connectivity index (χ0n) is 45.8. The highest BCUT2D eigenvalue weighted by molar-refractivity contribution is 5.77. The van der Waals surface area contributed by atoms with E-state index in [1.165, 1.54) is 0 Å². The first kappa shape index (κ1) is 66.1. The second-order valence-corrected chi connectivity index (χ2v) is 19.0. The Morgan fingerprint density at radius 3 is 1.06 bits per heavy atom. The number of alkyl carbamates (subject to hydrolysis) is 2. The van der Waals surface area contributed by atoms with Gasteiger partial charge in [-0.15, -0.1) is 23.7 Å². The number of nitrogens with two attached hydrogens (primary N) is 1. The van der Waals surface area contributed by atoms with Gasteiger partial charge in [-0.05, 0) is 61.2 Å². The van der Waals surface area contributed by atoms with Crippen LogP contribution in [0.3, 0.4) is 0 Å². The number of nitrogens with one attached hydrogen (secondary N) is 5. The van der Waals surface area contributed by atoms with Gasteiger partial charge in [-0.3, -0.25) is 14.4 Å². The van der Waals surface area contributed by atoms with E-state index >= 15 is 0 Å². The summed E-state index contributed by atoms with van der Waals surface area (Å²) in [4.78, 5) is 66.0. The Bertz CT molecular complexity index is 1640. The van der Waals surface area contributed by atoms with Crippen LogP contribution < -0.4 is 32.5 Å². The molecule has 78 heavy (non-hydrogen) atoms. The molecule has 4 aliphatic carbocycles. The predicted molar refractivity (Wildman–Crippen MR) is 282 cm³/mol. The molecule has 24 nitrogen and oxygen atoms in total. The van der Waals surface area contributed by atoms with E-state index in [1.807, 2.05) is 0 Å². The summed E-state index contributed by atoms with van der Waals surface area (Å²) in [6, 6.07) is -0.548. The fraction of sp³-hybridized carbons (Fsp3) is 0.833. The van der Waals surface area contributed by atoms with Crippen molar-refractivity contribution < 1.29 is 85.7 Å². The van der Waals surface area contributed by atoms with Crippen molar-refractivity contribution >= 4 is 29.9 Å². The third-order valence-electron chi connectivity index (χ3n) is 13.3. The fourth-order valence-corrected chi connectivity index (χ4v) is 9.05. The number of hydrogen-bond acceptors (Lipinski definition) is 19. The van der Waals surface area contributed by atoms with Gasteiger partial charge in [0.05, 0.1) is 158 Å². The molecule has 0 aromatic heterocycles. The molecule has 6 atom stereocenters. The quantitative estimate of drug-likeness (QED) is 0.0284. The SMILES string of the molecule is NOCCOCCOCCC(=O)NC(COCCC(=O)NCCOCCOCCOCCNC(=O)OCC1[C@H]2CCC#CCC[C@@H]12)COCCC(=O)NCCOCCOCCOCCNC(=O)OCC1[C@H]2CCC#CCC[C@@H]12. The Hall–Kier alpha value is -4.41. The molecule has 2 saturated carbocycles. The smallest absolute Gasteiger partial charge is 0.407 e. The van der Waals surface area contributed by atoms with E-state index in [0.29, 0.717) is 174 Å². The van der Waals surface area contributed by atoms with Crippen molar-refractivity contribution in [1.82, 2.24) is 26.6 Å². The second-order valence-electron chi connectivity index (χ2n) is 19.0. The number of carbonyl (C=O) groups excluding carboxylic acids is 5. The van der Waals surface area contributed by atoms with Crippen LogP contribution in [-0.4, -0.2) is 214 Å². The average molecular weight is 1110 g/mol. The van der Waals surface area contributed by atoms with Gasteiger partial charge in [0.25, 0.3) is 0 Å². The van der Waals surface area contributed by atoms with Gasteiger partial charge >= 0.3 is 12.2 Å². The molecule has 0 aromatic rings. The van der Waals surface area contributed by atoms with Gasteiger partial charge in [0.1, 0.15) is 0 Å². The predicted octanol–water partition coefficient (Wildman–Crippen LogP) is 1.26. The zero-order valence-corrected chi connectivity index (χ0v) is 45.8. The lowest BCUT2D eigenvalue weighted by atomic mass is 10.1. The zero-order chi connectivity index (χ0) is 55.4. The summed E-state index contributed by atoms with van der Waals surface area (Å²) in [7, 11) is 0. The largest absolute Gasteiger partial charge is 0.449 e. The summed E-state index contributed by atoms with van der Waals surface area (Å²) < 4.78 is 66.1. The van der Waals surface area contributed by atoms with Crippen molar-refractivity contribution in [1.29, 1.82) is 0 Å². The highest BCUT2D eigenvalue weighted by Gasteiger charge is 2.50. The Balaban J connectivity index is 0.915. The van der Waals surface area contributed by atoms with Gasteiger partial charge in [-0.1, -0.05) is 0 Å². The molecule has 0 spiro atoms. The third kappa shape index (κ3) is 33.2. The van der Waals surface area contributed by atoms with Crippen LogP contribution >= 0.6 is 0 Å². The van der Waals surface area contributed by atoms with Crippen molar-refractivity contribution in [2.45, 2.75) is 76.7 Å². The van der Waals surface area contributed by atoms with Crippen LogP contribution in [0.15, 0.2) is 0 Å². The van der Waals surface area contributed by atoms with Crippen LogP contribution in [0.25, 0.3) is 0 Å². The van der Waals surface area contributed by atoms with E-state index in [-0.39, 0.29) is 76.6 Å². The van der Waals surface area contributed by atoms with Crippen LogP contribution in [0.1, 0.15) is 70.6 Å². The summed E-state index contributed by atoms with van der Waals surface area (Å²) in [5.41, 5.74) is 0. The summed E-state index contributed by atoms with van der Waals surface area (Å²) in [6.07, 6.45) is 7.54. The Kier molecular flexibility index (Phi) is 37.6. The summed E-state index contributed by atoms with van der Waals surface area (Å²) in [5.74, 6) is 20.5. The van der Waals surface area contributed by atoms with Crippen molar-refractivity contribution in [3.8, 4) is 23.7 Å². The van der Waals surface area contributed by atoms with Gasteiger partial charge in [-0.25, -0.2) is 15.5 Å². The van der Waals surface area contributed by atoms with Crippen molar-refractivity contribution in [3.63, 3.8) is 0 Å². The van der Waals surface area contributed by atoms with E-state index in [2.05, 4.69) is 55.1 Å². The molecule has 24 heteroatoms. The van der Waals surface area contributed by atoms with Crippen molar-refractivity contribution in [2.75, 3.05) is 178 Å². The number of hydrogen-bond donors (Lipinski definition) is 6. The third-order valence-corrected chi connectivity index (χ3v) is 13.3. The molecule has 0 saturated heterocycles. The first-order chi connectivity index (χ1) is 38.4. The molecule has 4 aliphatic rings. The molecule has 0 radical (unpaired) electrons. The number of amides is 5. The minimum absolute atomic E-state index is 0.0720. The molecule has 0 aromatic carbocycles. The highest BCUT2D eigenvalue weighted by Crippen LogP contribution is 2.53. The van der Waals surface area contributed by atoms with Gasteiger partial charge in [0, 0.05) is 71.1 Å². The van der Waals surface area contributed by atoms with E-state index < -0.39 is 18.2 Å². The van der Waals surface area contributed by atoms with Crippen molar-refractivity contribution in [2.24, 2.45) is 41.4 Å². The first-order valence-corrected chi connectivity index (χ1v) is 28.0. The van der Waals surface area contributed by atoms with Crippen molar-refractivity contribution in [3.05, 3.63) is 0 Å². The molecule has 0 aliphatic heterocycles. The number of rotatable bonds is 48. The van der Waals surface area contributed by atoms with Gasteiger partial charge in [-0.2, -0.15) is 0 Å². The van der Waals surface area contributed by atoms with Crippen LogP contribution in [0.4, 0.5) is 9.59 Å². The van der Waals surface area contributed by atoms with E-state index in [4.69, 9.17) is 62.7 Å². The molecule has 0 bridgehead atoms. The topological polar surface area (TPSA) is 292 Å². The standard InChI is InChI=1S/C54H90N6O18/c55-78-38-37-73-32-27-66-20-15-52(63)60-43(39-74-21-13-50(61)56-16-23-67-28-33-71-35-30-69-25-18-58-53(64)76-41-48-44-9-5-1-2-6-10-45(44)48)40-75-22-14-51(62)57-17-24-68-29-34-72-36-31-70-26-19-59-54(65)77-42-49-46-11-7-3-4-8-12-47(46)49/h43-49H,5-42,55H2,(H,56,61)(H,57,62)(H,58,64)(H,59,65)(H,60,63)/t43?,44-,45+,46-,47+,48?,49?. The molecule has 5 amide bonds. The van der Waals surface area contributed by atoms with Crippen LogP contribution in [-0.2, 0) is 76.1 Å². The van der Waals surface area contributed by atoms with E-state index in [9.17, 15) is 24.0 Å². The summed E-state index contributed by atoms with van der Waals surface area (Å²) in [5, 5.41) is 13.9. The molecule has 4 rings (SSSR count). The summed E-state index contributed by atoms with van der Waals surface area (Å²) in [6.45, 7) is 8.19. The monoisotopic (exact) mass is 1110 g/mol. The maximum Gasteiger partial charge on any atom is 0.407 e. The Morgan fingerprint density at radius 2 is 0.692 bits per heavy atom. The van der Waals surface area contributed by atoms with E-state index in [1.54, 1.807) is 0 Å². The maximum absolute atomic E-state index is 12.7. The van der Waals surface area contributed by atoms with E-state index in [0.717, 1.165) is 51.4 Å². The number of ether oxygens (including phenoxy) is 12. The number of carbonyl (C=O) groups is 5. The lowest BCUT2D eigenvalue weighted by Crippen LogP contribution is -2.42. The van der Waals surface area contributed by atoms with Gasteiger partial charge in [0.15, 0.2) is 0 Å². The molecular formula is C54H90N6O18. The Labute approximate surface area is 460 Å². The highest BCUT2D eigenvalue weighted by atomic mass is 16.6.